The molecule has 0 amide bonds. The first-order chi connectivity index (χ1) is 8.89. The van der Waals surface area contributed by atoms with E-state index in [1.807, 2.05) is 0 Å². The second kappa shape index (κ2) is 4.64. The van der Waals surface area contributed by atoms with Crippen LogP contribution >= 0.6 is 0 Å². The zero-order valence-electron chi connectivity index (χ0n) is 11.5. The van der Waals surface area contributed by atoms with Gasteiger partial charge >= 0.3 is 5.97 Å². The lowest BCUT2D eigenvalue weighted by Crippen LogP contribution is -2.33. The topological polar surface area (TPSA) is 44.1 Å². The van der Waals surface area contributed by atoms with E-state index in [0.717, 1.165) is 0 Å². The van der Waals surface area contributed by atoms with Crippen molar-refractivity contribution >= 4 is 17.0 Å². The molecule has 0 atom stereocenters. The number of hydrogen-bond acceptors (Lipinski definition) is 3. The lowest BCUT2D eigenvalue weighted by atomic mass is 9.92. The normalized spacial score (nSPS) is 11.8. The number of rotatable bonds is 3. The van der Waals surface area contributed by atoms with Gasteiger partial charge < -0.3 is 9.30 Å². The Balaban J connectivity index is 2.60. The van der Waals surface area contributed by atoms with E-state index in [-0.39, 0.29) is 17.3 Å². The Morgan fingerprint density at radius 2 is 2.16 bits per heavy atom. The molecule has 1 aromatic heterocycles. The highest BCUT2D eigenvalue weighted by Crippen LogP contribution is 2.28. The van der Waals surface area contributed by atoms with Gasteiger partial charge in [0.2, 0.25) is 0 Å². The van der Waals surface area contributed by atoms with E-state index in [1.54, 1.807) is 44.5 Å². The summed E-state index contributed by atoms with van der Waals surface area (Å²) in [5.41, 5.74) is 0.0145. The summed E-state index contributed by atoms with van der Waals surface area (Å²) < 4.78 is 20.5. The molecule has 0 radical (unpaired) electrons. The lowest BCUT2D eigenvalue weighted by molar-refractivity contribution is -0.149. The number of fused-ring (bicyclic) bond motifs is 1. The monoisotopic (exact) mass is 264 g/mol. The largest absolute Gasteiger partial charge is 0.465 e. The van der Waals surface area contributed by atoms with Crippen molar-refractivity contribution in [3.63, 3.8) is 0 Å². The number of aryl methyl sites for hydroxylation is 1. The van der Waals surface area contributed by atoms with Crippen molar-refractivity contribution in [3.05, 3.63) is 29.8 Å². The molecule has 0 spiro atoms. The van der Waals surface area contributed by atoms with Crippen molar-refractivity contribution in [1.29, 1.82) is 0 Å². The molecule has 2 rings (SSSR count). The van der Waals surface area contributed by atoms with Crippen molar-refractivity contribution in [2.75, 3.05) is 6.61 Å². The molecule has 19 heavy (non-hydrogen) atoms. The molecule has 102 valence electrons. The van der Waals surface area contributed by atoms with Crippen molar-refractivity contribution in [3.8, 4) is 0 Å². The Hall–Kier alpha value is -1.91. The SMILES string of the molecule is CCOC(=O)C(C)(C)c1nc2c(F)cccc2n1C. The van der Waals surface area contributed by atoms with Crippen LogP contribution in [0.2, 0.25) is 0 Å². The van der Waals surface area contributed by atoms with Gasteiger partial charge in [0.1, 0.15) is 16.8 Å². The van der Waals surface area contributed by atoms with Gasteiger partial charge in [-0.1, -0.05) is 6.07 Å². The fourth-order valence-electron chi connectivity index (χ4n) is 2.14. The minimum absolute atomic E-state index is 0.275. The van der Waals surface area contributed by atoms with Crippen molar-refractivity contribution in [1.82, 2.24) is 9.55 Å². The summed E-state index contributed by atoms with van der Waals surface area (Å²) in [6, 6.07) is 4.76. The molecule has 0 saturated heterocycles. The van der Waals surface area contributed by atoms with E-state index in [9.17, 15) is 9.18 Å². The molecule has 0 aliphatic carbocycles. The molecule has 1 aromatic carbocycles. The van der Waals surface area contributed by atoms with Crippen molar-refractivity contribution < 1.29 is 13.9 Å². The second-order valence-electron chi connectivity index (χ2n) is 4.95. The first-order valence-corrected chi connectivity index (χ1v) is 6.18. The van der Waals surface area contributed by atoms with Crippen molar-refractivity contribution in [2.24, 2.45) is 7.05 Å². The van der Waals surface area contributed by atoms with Crippen LogP contribution in [0, 0.1) is 5.82 Å². The van der Waals surface area contributed by atoms with Crippen LogP contribution in [0.25, 0.3) is 11.0 Å². The summed E-state index contributed by atoms with van der Waals surface area (Å²) in [6.07, 6.45) is 0. The molecule has 4 nitrogen and oxygen atoms in total. The first-order valence-electron chi connectivity index (χ1n) is 6.18. The van der Waals surface area contributed by atoms with E-state index in [2.05, 4.69) is 4.98 Å². The Morgan fingerprint density at radius 1 is 1.47 bits per heavy atom. The summed E-state index contributed by atoms with van der Waals surface area (Å²) in [5.74, 6) is -0.265. The molecule has 1 heterocycles. The van der Waals surface area contributed by atoms with Gasteiger partial charge in [0.05, 0.1) is 12.1 Å². The number of carbonyl (C=O) groups is 1. The molecular formula is C14H17FN2O2. The number of carbonyl (C=O) groups excluding carboxylic acids is 1. The van der Waals surface area contributed by atoms with Gasteiger partial charge in [0.25, 0.3) is 0 Å². The molecule has 0 unspecified atom stereocenters. The number of imidazole rings is 1. The van der Waals surface area contributed by atoms with Crippen LogP contribution < -0.4 is 0 Å². The van der Waals surface area contributed by atoms with Gasteiger partial charge in [-0.15, -0.1) is 0 Å². The van der Waals surface area contributed by atoms with E-state index in [1.165, 1.54) is 6.07 Å². The highest BCUT2D eigenvalue weighted by atomic mass is 19.1. The fraction of sp³-hybridized carbons (Fsp3) is 0.429. The quantitative estimate of drug-likeness (QED) is 0.800. The van der Waals surface area contributed by atoms with E-state index < -0.39 is 5.41 Å². The maximum absolute atomic E-state index is 13.7. The third-order valence-corrected chi connectivity index (χ3v) is 3.21. The maximum Gasteiger partial charge on any atom is 0.319 e. The average Bonchev–Trinajstić information content (AvgIpc) is 2.70. The summed E-state index contributed by atoms with van der Waals surface area (Å²) in [5, 5.41) is 0. The second-order valence-corrected chi connectivity index (χ2v) is 4.95. The van der Waals surface area contributed by atoms with Crippen LogP contribution in [-0.2, 0) is 22.0 Å². The van der Waals surface area contributed by atoms with Crippen LogP contribution in [0.1, 0.15) is 26.6 Å². The van der Waals surface area contributed by atoms with Crippen LogP contribution in [0.15, 0.2) is 18.2 Å². The molecule has 0 bridgehead atoms. The minimum Gasteiger partial charge on any atom is -0.465 e. The Labute approximate surface area is 111 Å². The molecule has 0 fully saturated rings. The predicted molar refractivity (Wildman–Crippen MR) is 70.3 cm³/mol. The number of aromatic nitrogens is 2. The summed E-state index contributed by atoms with van der Waals surface area (Å²) >= 11 is 0. The molecule has 0 N–H and O–H groups in total. The number of ether oxygens (including phenoxy) is 1. The average molecular weight is 264 g/mol. The van der Waals surface area contributed by atoms with E-state index in [0.29, 0.717) is 17.9 Å². The fourth-order valence-corrected chi connectivity index (χ4v) is 2.14. The third kappa shape index (κ3) is 2.09. The number of para-hydroxylation sites is 1. The Bertz CT molecular complexity index is 632. The van der Waals surface area contributed by atoms with Gasteiger partial charge in [-0.2, -0.15) is 0 Å². The molecule has 0 aliphatic rings. The van der Waals surface area contributed by atoms with Crippen LogP contribution in [-0.4, -0.2) is 22.1 Å². The van der Waals surface area contributed by atoms with Crippen LogP contribution in [0.3, 0.4) is 0 Å². The summed E-state index contributed by atoms with van der Waals surface area (Å²) in [7, 11) is 1.77. The zero-order valence-corrected chi connectivity index (χ0v) is 11.5. The molecule has 0 saturated carbocycles. The smallest absolute Gasteiger partial charge is 0.319 e. The number of esters is 1. The van der Waals surface area contributed by atoms with Crippen LogP contribution in [0.5, 0.6) is 0 Å². The van der Waals surface area contributed by atoms with Crippen LogP contribution in [0.4, 0.5) is 4.39 Å². The van der Waals surface area contributed by atoms with E-state index in [4.69, 9.17) is 4.74 Å². The van der Waals surface area contributed by atoms with Gasteiger partial charge in [-0.05, 0) is 32.9 Å². The molecule has 5 heteroatoms. The lowest BCUT2D eigenvalue weighted by Gasteiger charge is -2.21. The third-order valence-electron chi connectivity index (χ3n) is 3.21. The Kier molecular flexibility index (Phi) is 3.30. The Morgan fingerprint density at radius 3 is 2.74 bits per heavy atom. The summed E-state index contributed by atoms with van der Waals surface area (Å²) in [6.45, 7) is 5.51. The van der Waals surface area contributed by atoms with Gasteiger partial charge in [0.15, 0.2) is 5.82 Å². The first kappa shape index (κ1) is 13.5. The molecule has 0 aliphatic heterocycles. The number of hydrogen-bond donors (Lipinski definition) is 0. The predicted octanol–water partition coefficient (Wildman–Crippen LogP) is 2.55. The standard InChI is InChI=1S/C14H17FN2O2/c1-5-19-13(18)14(2,3)12-16-11-9(15)7-6-8-10(11)17(12)4/h6-8H,5H2,1-4H3. The summed E-state index contributed by atoms with van der Waals surface area (Å²) in [4.78, 5) is 16.3. The highest BCUT2D eigenvalue weighted by molar-refractivity contribution is 5.84. The molecular weight excluding hydrogens is 247 g/mol. The van der Waals surface area contributed by atoms with Gasteiger partial charge in [-0.3, -0.25) is 4.79 Å². The zero-order chi connectivity index (χ0) is 14.2. The maximum atomic E-state index is 13.7. The molecule has 2 aromatic rings. The number of nitrogens with zero attached hydrogens (tertiary/aromatic N) is 2. The van der Waals surface area contributed by atoms with Crippen molar-refractivity contribution in [2.45, 2.75) is 26.2 Å². The minimum atomic E-state index is -0.920. The number of halogens is 1. The highest BCUT2D eigenvalue weighted by Gasteiger charge is 2.36. The van der Waals surface area contributed by atoms with Gasteiger partial charge in [0, 0.05) is 7.05 Å². The van der Waals surface area contributed by atoms with E-state index >= 15 is 0 Å². The number of benzene rings is 1. The van der Waals surface area contributed by atoms with Gasteiger partial charge in [-0.25, -0.2) is 9.37 Å².